The average Bonchev–Trinajstić information content (AvgIpc) is 3.22. The summed E-state index contributed by atoms with van der Waals surface area (Å²) in [7, 11) is -4.38. The molecule has 0 aromatic carbocycles. The van der Waals surface area contributed by atoms with Gasteiger partial charge in [0.15, 0.2) is 0 Å². The summed E-state index contributed by atoms with van der Waals surface area (Å²) >= 11 is 0. The van der Waals surface area contributed by atoms with Gasteiger partial charge in [0, 0.05) is 31.2 Å². The second-order valence-electron chi connectivity index (χ2n) is 12.1. The Morgan fingerprint density at radius 2 is 1.74 bits per heavy atom. The third-order valence-electron chi connectivity index (χ3n) is 7.82. The molecule has 2 bridgehead atoms. The summed E-state index contributed by atoms with van der Waals surface area (Å²) in [5, 5.41) is 4.81. The van der Waals surface area contributed by atoms with Crippen LogP contribution in [0.25, 0.3) is 0 Å². The van der Waals surface area contributed by atoms with Crippen LogP contribution in [0, 0.1) is 17.3 Å². The van der Waals surface area contributed by atoms with Crippen molar-refractivity contribution in [1.29, 1.82) is 0 Å². The summed E-state index contributed by atoms with van der Waals surface area (Å²) < 4.78 is 107. The van der Waals surface area contributed by atoms with Crippen molar-refractivity contribution in [2.75, 3.05) is 12.8 Å². The highest BCUT2D eigenvalue weighted by molar-refractivity contribution is 7.94. The number of rotatable bonds is 8. The van der Waals surface area contributed by atoms with Crippen LogP contribution >= 0.6 is 0 Å². The molecule has 1 aliphatic carbocycles. The Labute approximate surface area is 238 Å². The molecule has 10 nitrogen and oxygen atoms in total. The quantitative estimate of drug-likeness (QED) is 0.350. The van der Waals surface area contributed by atoms with E-state index in [1.807, 2.05) is 0 Å². The lowest BCUT2D eigenvalue weighted by Gasteiger charge is -2.55. The zero-order valence-corrected chi connectivity index (χ0v) is 24.2. The highest BCUT2D eigenvalue weighted by Crippen LogP contribution is 2.49. The first kappa shape index (κ1) is 33.6. The minimum atomic E-state index is -5.36. The van der Waals surface area contributed by atoms with Crippen molar-refractivity contribution in [2.24, 2.45) is 17.3 Å². The van der Waals surface area contributed by atoms with Gasteiger partial charge >= 0.3 is 12.1 Å². The Kier molecular flexibility index (Phi) is 9.36. The predicted molar refractivity (Wildman–Crippen MR) is 136 cm³/mol. The number of piperidine rings is 2. The van der Waals surface area contributed by atoms with Crippen LogP contribution in [0.4, 0.5) is 26.3 Å². The highest BCUT2D eigenvalue weighted by Gasteiger charge is 2.61. The molecular weight excluding hydrogens is 598 g/mol. The minimum Gasteiger partial charge on any atom is -0.356 e. The molecule has 1 saturated carbocycles. The molecule has 17 heteroatoms. The molecule has 3 N–H and O–H groups in total. The molecule has 4 amide bonds. The van der Waals surface area contributed by atoms with Gasteiger partial charge in [0.1, 0.15) is 12.1 Å². The number of carbonyl (C=O) groups excluding carboxylic acids is 4. The van der Waals surface area contributed by atoms with Crippen molar-refractivity contribution < 1.29 is 53.9 Å². The number of nitrogens with zero attached hydrogens (tertiary/aromatic N) is 1. The fraction of sp³-hybridized carbons (Fsp3) is 0.760. The van der Waals surface area contributed by atoms with Gasteiger partial charge in [-0.05, 0) is 37.2 Å². The maximum absolute atomic E-state index is 15.1. The summed E-state index contributed by atoms with van der Waals surface area (Å²) in [6.07, 6.45) is -5.38. The smallest absolute Gasteiger partial charge is 0.356 e. The fourth-order valence-corrected chi connectivity index (χ4v) is 6.14. The van der Waals surface area contributed by atoms with Crippen LogP contribution in [-0.2, 0) is 29.0 Å². The van der Waals surface area contributed by atoms with Crippen LogP contribution in [0.2, 0.25) is 0 Å². The monoisotopic (exact) mass is 632 g/mol. The van der Waals surface area contributed by atoms with E-state index < -0.39 is 98.6 Å². The van der Waals surface area contributed by atoms with Gasteiger partial charge in [0.2, 0.25) is 32.7 Å². The van der Waals surface area contributed by atoms with E-state index in [0.29, 0.717) is 12.3 Å². The van der Waals surface area contributed by atoms with E-state index in [2.05, 4.69) is 10.6 Å². The standard InChI is InChI=1S/C25H34F6N4O6S/c1-23(2,3)18(34-22(39)25(29,30)31)21(38)35-14-5-6-15(24(27,28)11-14)17(35)20(37)33-13(10-16(26)42(4,40)41)9-12-7-8-32-19(12)36/h10,12-15,17-18H,5-9,11H2,1-4H3,(H,32,36)(H,33,37)(H,34,39)/b16-10+/t12-,13+,14-,15-,17+,18-/m0/s1. The van der Waals surface area contributed by atoms with Crippen molar-refractivity contribution in [3.63, 3.8) is 0 Å². The molecular formula is C25H34F6N4O6S. The number of carbonyl (C=O) groups is 4. The van der Waals surface area contributed by atoms with Crippen molar-refractivity contribution in [3.05, 3.63) is 11.2 Å². The van der Waals surface area contributed by atoms with Crippen LogP contribution in [-0.4, -0.2) is 86.0 Å². The molecule has 3 heterocycles. The number of sulfone groups is 1. The van der Waals surface area contributed by atoms with Crippen molar-refractivity contribution in [1.82, 2.24) is 20.9 Å². The first-order valence-corrected chi connectivity index (χ1v) is 15.2. The van der Waals surface area contributed by atoms with Crippen LogP contribution < -0.4 is 16.0 Å². The third-order valence-corrected chi connectivity index (χ3v) is 8.66. The molecule has 4 aliphatic rings. The zero-order valence-electron chi connectivity index (χ0n) is 23.4. The number of fused-ring (bicyclic) bond motifs is 3. The number of hydrogen-bond acceptors (Lipinski definition) is 6. The summed E-state index contributed by atoms with van der Waals surface area (Å²) in [6, 6.07) is -6.56. The van der Waals surface area contributed by atoms with E-state index in [0.717, 1.165) is 4.90 Å². The molecule has 238 valence electrons. The van der Waals surface area contributed by atoms with Gasteiger partial charge in [0.05, 0.1) is 12.0 Å². The van der Waals surface area contributed by atoms with Gasteiger partial charge in [-0.3, -0.25) is 19.2 Å². The maximum atomic E-state index is 15.1. The second kappa shape index (κ2) is 11.7. The van der Waals surface area contributed by atoms with Gasteiger partial charge in [-0.1, -0.05) is 20.8 Å². The lowest BCUT2D eigenvalue weighted by atomic mass is 9.70. The van der Waals surface area contributed by atoms with Gasteiger partial charge < -0.3 is 20.9 Å². The highest BCUT2D eigenvalue weighted by atomic mass is 32.2. The van der Waals surface area contributed by atoms with E-state index in [-0.39, 0.29) is 32.2 Å². The lowest BCUT2D eigenvalue weighted by Crippen LogP contribution is -2.71. The van der Waals surface area contributed by atoms with Gasteiger partial charge in [-0.2, -0.15) is 17.6 Å². The number of hydrogen-bond donors (Lipinski definition) is 3. The molecule has 0 spiro atoms. The molecule has 6 atom stereocenters. The van der Waals surface area contributed by atoms with Crippen molar-refractivity contribution in [2.45, 2.75) is 89.1 Å². The van der Waals surface area contributed by atoms with Crippen molar-refractivity contribution in [3.8, 4) is 0 Å². The molecule has 0 aromatic heterocycles. The van der Waals surface area contributed by atoms with Gasteiger partial charge in [-0.25, -0.2) is 17.2 Å². The predicted octanol–water partition coefficient (Wildman–Crippen LogP) is 1.96. The largest absolute Gasteiger partial charge is 0.471 e. The minimum absolute atomic E-state index is 0.00808. The Morgan fingerprint density at radius 1 is 1.12 bits per heavy atom. The number of amides is 4. The number of nitrogens with one attached hydrogen (secondary N) is 3. The molecule has 0 unspecified atom stereocenters. The van der Waals surface area contributed by atoms with Crippen LogP contribution in [0.1, 0.15) is 52.9 Å². The van der Waals surface area contributed by atoms with E-state index in [1.165, 1.54) is 20.8 Å². The third kappa shape index (κ3) is 7.37. The maximum Gasteiger partial charge on any atom is 0.471 e. The van der Waals surface area contributed by atoms with Crippen molar-refractivity contribution >= 4 is 33.5 Å². The molecule has 3 saturated heterocycles. The molecule has 0 radical (unpaired) electrons. The van der Waals surface area contributed by atoms with Crippen LogP contribution in [0.15, 0.2) is 11.2 Å². The van der Waals surface area contributed by atoms with E-state index in [1.54, 1.807) is 5.32 Å². The summed E-state index contributed by atoms with van der Waals surface area (Å²) in [6.45, 7) is 4.31. The normalized spacial score (nSPS) is 27.7. The Morgan fingerprint density at radius 3 is 2.21 bits per heavy atom. The molecule has 3 aliphatic heterocycles. The summed E-state index contributed by atoms with van der Waals surface area (Å²) in [5.41, 5.74) is -1.35. The molecule has 4 rings (SSSR count). The van der Waals surface area contributed by atoms with E-state index >= 15 is 8.78 Å². The summed E-state index contributed by atoms with van der Waals surface area (Å²) in [4.78, 5) is 52.0. The fourth-order valence-electron chi connectivity index (χ4n) is 5.73. The van der Waals surface area contributed by atoms with Crippen LogP contribution in [0.3, 0.4) is 0 Å². The first-order valence-electron chi connectivity index (χ1n) is 13.3. The lowest BCUT2D eigenvalue weighted by molar-refractivity contribution is -0.197. The Balaban J connectivity index is 2.00. The SMILES string of the molecule is CC(C)(C)[C@@H](NC(=O)C(F)(F)F)C(=O)N1[C@H]2CC[C@@H]([C@@H]1C(=O)N[C@@H](/C=C(\F)S(C)(=O)=O)C[C@@H]1CCNC1=O)C(F)(F)C2. The molecule has 0 aromatic rings. The molecule has 4 fully saturated rings. The topological polar surface area (TPSA) is 142 Å². The number of alkyl halides is 5. The van der Waals surface area contributed by atoms with E-state index in [4.69, 9.17) is 0 Å². The average molecular weight is 633 g/mol. The number of halogens is 6. The second-order valence-corrected chi connectivity index (χ2v) is 14.1. The van der Waals surface area contributed by atoms with Crippen LogP contribution in [0.5, 0.6) is 0 Å². The van der Waals surface area contributed by atoms with Gasteiger partial charge in [-0.15, -0.1) is 0 Å². The van der Waals surface area contributed by atoms with E-state index in [9.17, 15) is 45.2 Å². The Bertz CT molecular complexity index is 1250. The van der Waals surface area contributed by atoms with Gasteiger partial charge in [0.25, 0.3) is 5.92 Å². The molecule has 42 heavy (non-hydrogen) atoms. The Hall–Kier alpha value is -2.85. The first-order chi connectivity index (χ1) is 19.0. The summed E-state index contributed by atoms with van der Waals surface area (Å²) in [5.74, 6) is -11.3. The zero-order chi connectivity index (χ0) is 32.0.